The van der Waals surface area contributed by atoms with Crippen LogP contribution < -0.4 is 5.32 Å². The summed E-state index contributed by atoms with van der Waals surface area (Å²) in [4.78, 5) is 8.72. The standard InChI is InChI=1S/C18H13ClN4/c19-16-6-4-13(5-7-16)12-22-18-21-9-8-17(23-18)15-3-1-2-14(10-15)11-20/h1-10H,12H2,(H,21,22,23). The van der Waals surface area contributed by atoms with Gasteiger partial charge < -0.3 is 5.32 Å². The maximum atomic E-state index is 8.99. The summed E-state index contributed by atoms with van der Waals surface area (Å²) in [5, 5.41) is 12.9. The van der Waals surface area contributed by atoms with Crippen molar-refractivity contribution in [2.45, 2.75) is 6.54 Å². The van der Waals surface area contributed by atoms with Gasteiger partial charge in [0.2, 0.25) is 5.95 Å². The Morgan fingerprint density at radius 1 is 1.09 bits per heavy atom. The summed E-state index contributed by atoms with van der Waals surface area (Å²) in [5.74, 6) is 0.541. The lowest BCUT2D eigenvalue weighted by molar-refractivity contribution is 1.06. The first-order valence-electron chi connectivity index (χ1n) is 7.06. The molecule has 0 saturated heterocycles. The van der Waals surface area contributed by atoms with Crippen molar-refractivity contribution in [3.8, 4) is 17.3 Å². The summed E-state index contributed by atoms with van der Waals surface area (Å²) in [6, 6.07) is 18.9. The number of anilines is 1. The lowest BCUT2D eigenvalue weighted by Crippen LogP contribution is -2.03. The van der Waals surface area contributed by atoms with Gasteiger partial charge in [-0.1, -0.05) is 35.9 Å². The minimum Gasteiger partial charge on any atom is -0.350 e. The summed E-state index contributed by atoms with van der Waals surface area (Å²) in [5.41, 5.74) is 3.36. The number of rotatable bonds is 4. The molecule has 23 heavy (non-hydrogen) atoms. The minimum absolute atomic E-state index is 0.541. The Hall–Kier alpha value is -2.90. The molecule has 1 heterocycles. The molecule has 0 atom stereocenters. The third-order valence-corrected chi connectivity index (χ3v) is 3.56. The predicted octanol–water partition coefficient (Wildman–Crippen LogP) is 4.28. The highest BCUT2D eigenvalue weighted by Crippen LogP contribution is 2.19. The highest BCUT2D eigenvalue weighted by atomic mass is 35.5. The second-order valence-corrected chi connectivity index (χ2v) is 5.37. The van der Waals surface area contributed by atoms with Gasteiger partial charge in [-0.3, -0.25) is 0 Å². The predicted molar refractivity (Wildman–Crippen MR) is 91.0 cm³/mol. The van der Waals surface area contributed by atoms with E-state index in [9.17, 15) is 0 Å². The van der Waals surface area contributed by atoms with Crippen molar-refractivity contribution in [1.82, 2.24) is 9.97 Å². The van der Waals surface area contributed by atoms with Crippen LogP contribution in [-0.2, 0) is 6.54 Å². The largest absolute Gasteiger partial charge is 0.350 e. The Bertz CT molecular complexity index is 853. The van der Waals surface area contributed by atoms with E-state index in [1.54, 1.807) is 12.3 Å². The van der Waals surface area contributed by atoms with Crippen molar-refractivity contribution in [2.75, 3.05) is 5.32 Å². The normalized spacial score (nSPS) is 10.1. The first-order valence-corrected chi connectivity index (χ1v) is 7.44. The zero-order chi connectivity index (χ0) is 16.1. The Morgan fingerprint density at radius 3 is 2.70 bits per heavy atom. The average Bonchev–Trinajstić information content (AvgIpc) is 2.61. The fraction of sp³-hybridized carbons (Fsp3) is 0.0556. The molecule has 0 bridgehead atoms. The zero-order valence-corrected chi connectivity index (χ0v) is 13.0. The number of benzene rings is 2. The van der Waals surface area contributed by atoms with E-state index in [-0.39, 0.29) is 0 Å². The number of nitrogens with zero attached hydrogens (tertiary/aromatic N) is 3. The zero-order valence-electron chi connectivity index (χ0n) is 12.2. The van der Waals surface area contributed by atoms with Crippen LogP contribution in [0.2, 0.25) is 5.02 Å². The van der Waals surface area contributed by atoms with Crippen LogP contribution in [0.25, 0.3) is 11.3 Å². The molecule has 0 aliphatic carbocycles. The van der Waals surface area contributed by atoms with Gasteiger partial charge in [0, 0.05) is 23.3 Å². The lowest BCUT2D eigenvalue weighted by Gasteiger charge is -2.07. The first kappa shape index (κ1) is 15.0. The molecule has 1 N–H and O–H groups in total. The molecule has 3 aromatic rings. The van der Waals surface area contributed by atoms with E-state index in [4.69, 9.17) is 16.9 Å². The van der Waals surface area contributed by atoms with Crippen molar-refractivity contribution in [3.05, 3.63) is 76.9 Å². The summed E-state index contributed by atoms with van der Waals surface area (Å²) < 4.78 is 0. The molecule has 0 fully saturated rings. The first-order chi connectivity index (χ1) is 11.2. The van der Waals surface area contributed by atoms with Crippen molar-refractivity contribution in [3.63, 3.8) is 0 Å². The van der Waals surface area contributed by atoms with Gasteiger partial charge in [0.15, 0.2) is 0 Å². The van der Waals surface area contributed by atoms with Gasteiger partial charge in [-0.2, -0.15) is 5.26 Å². The molecule has 0 radical (unpaired) electrons. The highest BCUT2D eigenvalue weighted by molar-refractivity contribution is 6.30. The van der Waals surface area contributed by atoms with Gasteiger partial charge in [-0.05, 0) is 35.9 Å². The lowest BCUT2D eigenvalue weighted by atomic mass is 10.1. The van der Waals surface area contributed by atoms with Crippen LogP contribution in [0.15, 0.2) is 60.8 Å². The Balaban J connectivity index is 1.77. The van der Waals surface area contributed by atoms with Crippen LogP contribution in [0.4, 0.5) is 5.95 Å². The van der Waals surface area contributed by atoms with Crippen molar-refractivity contribution >= 4 is 17.5 Å². The van der Waals surface area contributed by atoms with Crippen LogP contribution >= 0.6 is 11.6 Å². The molecule has 1 aromatic heterocycles. The quantitative estimate of drug-likeness (QED) is 0.779. The summed E-state index contributed by atoms with van der Waals surface area (Å²) in [7, 11) is 0. The summed E-state index contributed by atoms with van der Waals surface area (Å²) in [6.45, 7) is 0.610. The van der Waals surface area contributed by atoms with Gasteiger partial charge >= 0.3 is 0 Å². The smallest absolute Gasteiger partial charge is 0.223 e. The molecular weight excluding hydrogens is 308 g/mol. The van der Waals surface area contributed by atoms with E-state index in [2.05, 4.69) is 21.4 Å². The Morgan fingerprint density at radius 2 is 1.91 bits per heavy atom. The van der Waals surface area contributed by atoms with Gasteiger partial charge in [0.1, 0.15) is 0 Å². The van der Waals surface area contributed by atoms with E-state index < -0.39 is 0 Å². The number of hydrogen-bond donors (Lipinski definition) is 1. The van der Waals surface area contributed by atoms with E-state index in [1.807, 2.05) is 48.5 Å². The molecular formula is C18H13ClN4. The number of hydrogen-bond acceptors (Lipinski definition) is 4. The van der Waals surface area contributed by atoms with Crippen molar-refractivity contribution in [2.24, 2.45) is 0 Å². The van der Waals surface area contributed by atoms with Gasteiger partial charge in [0.25, 0.3) is 0 Å². The van der Waals surface area contributed by atoms with E-state index in [1.165, 1.54) is 0 Å². The molecule has 0 aliphatic heterocycles. The molecule has 2 aromatic carbocycles. The monoisotopic (exact) mass is 320 g/mol. The molecule has 0 unspecified atom stereocenters. The van der Waals surface area contributed by atoms with Crippen LogP contribution in [0, 0.1) is 11.3 Å². The van der Waals surface area contributed by atoms with E-state index >= 15 is 0 Å². The average molecular weight is 321 g/mol. The molecule has 3 rings (SSSR count). The molecule has 4 nitrogen and oxygen atoms in total. The van der Waals surface area contributed by atoms with Crippen LogP contribution in [0.3, 0.4) is 0 Å². The minimum atomic E-state index is 0.541. The molecule has 0 aliphatic rings. The third kappa shape index (κ3) is 3.85. The fourth-order valence-electron chi connectivity index (χ4n) is 2.14. The summed E-state index contributed by atoms with van der Waals surface area (Å²) in [6.07, 6.45) is 1.70. The van der Waals surface area contributed by atoms with Gasteiger partial charge in [-0.25, -0.2) is 9.97 Å². The topological polar surface area (TPSA) is 61.6 Å². The Kier molecular flexibility index (Phi) is 4.51. The second kappa shape index (κ2) is 6.91. The summed E-state index contributed by atoms with van der Waals surface area (Å²) >= 11 is 5.87. The fourth-order valence-corrected chi connectivity index (χ4v) is 2.26. The van der Waals surface area contributed by atoms with Crippen LogP contribution in [0.5, 0.6) is 0 Å². The van der Waals surface area contributed by atoms with Gasteiger partial charge in [-0.15, -0.1) is 0 Å². The van der Waals surface area contributed by atoms with Crippen LogP contribution in [0.1, 0.15) is 11.1 Å². The number of nitrogens with one attached hydrogen (secondary N) is 1. The van der Waals surface area contributed by atoms with Crippen molar-refractivity contribution < 1.29 is 0 Å². The van der Waals surface area contributed by atoms with Crippen molar-refractivity contribution in [1.29, 1.82) is 5.26 Å². The Labute approximate surface area is 139 Å². The molecule has 0 amide bonds. The van der Waals surface area contributed by atoms with Crippen LogP contribution in [-0.4, -0.2) is 9.97 Å². The number of nitriles is 1. The maximum absolute atomic E-state index is 8.99. The SMILES string of the molecule is N#Cc1cccc(-c2ccnc(NCc3ccc(Cl)cc3)n2)c1. The molecule has 0 saturated carbocycles. The highest BCUT2D eigenvalue weighted by Gasteiger charge is 2.03. The van der Waals surface area contributed by atoms with E-state index in [0.29, 0.717) is 23.1 Å². The number of halogens is 1. The van der Waals surface area contributed by atoms with Gasteiger partial charge in [0.05, 0.1) is 17.3 Å². The number of aromatic nitrogens is 2. The molecule has 112 valence electrons. The second-order valence-electron chi connectivity index (χ2n) is 4.94. The van der Waals surface area contributed by atoms with E-state index in [0.717, 1.165) is 16.8 Å². The third-order valence-electron chi connectivity index (χ3n) is 3.31. The maximum Gasteiger partial charge on any atom is 0.223 e. The molecule has 0 spiro atoms. The molecule has 5 heteroatoms.